The fourth-order valence-corrected chi connectivity index (χ4v) is 11.4. The van der Waals surface area contributed by atoms with Crippen LogP contribution in [0.3, 0.4) is 0 Å². The first-order valence-electron chi connectivity index (χ1n) is 16.2. The Bertz CT molecular complexity index is 953. The van der Waals surface area contributed by atoms with E-state index in [9.17, 15) is 34.8 Å². The molecule has 1 aromatic rings. The average molecular weight is 665 g/mol. The normalized spacial score (nSPS) is 13.5. The Hall–Kier alpha value is -0.940. The predicted molar refractivity (Wildman–Crippen MR) is 167 cm³/mol. The SMILES string of the molecule is CCCCCCCCS(CCCCCCCC)(CCCCCCCC)OS(=O)(=O)c1cc(C(F)(F)F)ccc1C(F)(F)F. The minimum atomic E-state index is -5.16. The molecule has 0 fully saturated rings. The summed E-state index contributed by atoms with van der Waals surface area (Å²) in [5, 5.41) is 0. The molecule has 254 valence electrons. The zero-order valence-corrected chi connectivity index (χ0v) is 28.0. The van der Waals surface area contributed by atoms with E-state index in [0.717, 1.165) is 96.3 Å². The highest BCUT2D eigenvalue weighted by Gasteiger charge is 2.42. The van der Waals surface area contributed by atoms with Gasteiger partial charge in [0.25, 0.3) is 0 Å². The summed E-state index contributed by atoms with van der Waals surface area (Å²) in [5.74, 6) is 1.26. The summed E-state index contributed by atoms with van der Waals surface area (Å²) in [5.41, 5.74) is -3.08. The molecule has 0 spiro atoms. The summed E-state index contributed by atoms with van der Waals surface area (Å²) in [6.07, 6.45) is 6.95. The monoisotopic (exact) mass is 664 g/mol. The highest BCUT2D eigenvalue weighted by Crippen LogP contribution is 2.55. The molecule has 0 bridgehead atoms. The van der Waals surface area contributed by atoms with Crippen molar-refractivity contribution in [1.29, 1.82) is 0 Å². The zero-order valence-electron chi connectivity index (χ0n) is 26.4. The second-order valence-corrected chi connectivity index (χ2v) is 16.7. The van der Waals surface area contributed by atoms with Crippen LogP contribution in [-0.2, 0) is 26.1 Å². The molecule has 0 radical (unpaired) electrons. The fourth-order valence-electron chi connectivity index (χ4n) is 5.21. The molecule has 0 aliphatic heterocycles. The summed E-state index contributed by atoms with van der Waals surface area (Å²) < 4.78 is 115. The molecule has 0 aromatic heterocycles. The smallest absolute Gasteiger partial charge is 0.216 e. The lowest BCUT2D eigenvalue weighted by Gasteiger charge is -2.39. The van der Waals surface area contributed by atoms with E-state index in [1.54, 1.807) is 0 Å². The van der Waals surface area contributed by atoms with Crippen LogP contribution in [0.25, 0.3) is 0 Å². The van der Waals surface area contributed by atoms with Gasteiger partial charge in [-0.2, -0.15) is 34.8 Å². The van der Waals surface area contributed by atoms with Crippen molar-refractivity contribution >= 4 is 20.4 Å². The van der Waals surface area contributed by atoms with E-state index in [-0.39, 0.29) is 18.2 Å². The number of halogens is 6. The quantitative estimate of drug-likeness (QED) is 0.0816. The molecule has 0 heterocycles. The van der Waals surface area contributed by atoms with Crippen LogP contribution in [-0.4, -0.2) is 25.7 Å². The minimum Gasteiger partial charge on any atom is -0.216 e. The van der Waals surface area contributed by atoms with Crippen molar-refractivity contribution in [1.82, 2.24) is 0 Å². The van der Waals surface area contributed by atoms with Crippen molar-refractivity contribution in [2.24, 2.45) is 0 Å². The maximum Gasteiger partial charge on any atom is 0.417 e. The topological polar surface area (TPSA) is 43.4 Å². The van der Waals surface area contributed by atoms with Gasteiger partial charge in [0.05, 0.1) is 11.1 Å². The van der Waals surface area contributed by atoms with Gasteiger partial charge in [-0.3, -0.25) is 0 Å². The molecule has 0 unspecified atom stereocenters. The lowest BCUT2D eigenvalue weighted by Crippen LogP contribution is -2.24. The van der Waals surface area contributed by atoms with Gasteiger partial charge in [-0.25, -0.2) is 3.63 Å². The summed E-state index contributed by atoms with van der Waals surface area (Å²) in [6.45, 7) is 6.33. The first kappa shape index (κ1) is 40.1. The summed E-state index contributed by atoms with van der Waals surface area (Å²) >= 11 is 0. The van der Waals surface area contributed by atoms with Crippen molar-refractivity contribution in [2.75, 3.05) is 17.3 Å². The van der Waals surface area contributed by atoms with Gasteiger partial charge < -0.3 is 0 Å². The van der Waals surface area contributed by atoms with Crippen molar-refractivity contribution < 1.29 is 38.4 Å². The van der Waals surface area contributed by atoms with Crippen LogP contribution in [0.2, 0.25) is 0 Å². The predicted octanol–water partition coefficient (Wildman–Crippen LogP) is 12.2. The molecule has 43 heavy (non-hydrogen) atoms. The zero-order chi connectivity index (χ0) is 32.4. The summed E-state index contributed by atoms with van der Waals surface area (Å²) in [6, 6.07) is 0.554. The first-order chi connectivity index (χ1) is 20.2. The molecule has 0 N–H and O–H groups in total. The van der Waals surface area contributed by atoms with Gasteiger partial charge in [-0.1, -0.05) is 117 Å². The number of benzene rings is 1. The summed E-state index contributed by atoms with van der Waals surface area (Å²) in [7, 11) is -7.58. The van der Waals surface area contributed by atoms with Crippen molar-refractivity contribution in [3.63, 3.8) is 0 Å². The Balaban J connectivity index is 3.42. The van der Waals surface area contributed by atoms with E-state index in [1.807, 2.05) is 0 Å². The number of unbranched alkanes of at least 4 members (excludes halogenated alkanes) is 15. The third kappa shape index (κ3) is 15.8. The van der Waals surface area contributed by atoms with Gasteiger partial charge in [0.15, 0.2) is 0 Å². The van der Waals surface area contributed by atoms with E-state index < -0.39 is 48.8 Å². The lowest BCUT2D eigenvalue weighted by atomic mass is 10.1. The Morgan fingerprint density at radius 1 is 0.558 bits per heavy atom. The Morgan fingerprint density at radius 3 is 1.28 bits per heavy atom. The Kier molecular flexibility index (Phi) is 18.9. The molecule has 11 heteroatoms. The van der Waals surface area contributed by atoms with Gasteiger partial charge in [0.1, 0.15) is 4.90 Å². The van der Waals surface area contributed by atoms with E-state index in [0.29, 0.717) is 36.5 Å². The molecule has 3 nitrogen and oxygen atoms in total. The molecule has 0 atom stereocenters. The molecular formula is C32H54F6O3S2. The van der Waals surface area contributed by atoms with Crippen LogP contribution in [0.5, 0.6) is 0 Å². The Morgan fingerprint density at radius 2 is 0.930 bits per heavy atom. The van der Waals surface area contributed by atoms with Crippen LogP contribution in [0, 0.1) is 0 Å². The number of hydrogen-bond acceptors (Lipinski definition) is 3. The van der Waals surface area contributed by atoms with Gasteiger partial charge in [0, 0.05) is 17.3 Å². The maximum atomic E-state index is 13.9. The van der Waals surface area contributed by atoms with Crippen LogP contribution >= 0.6 is 10.3 Å². The fraction of sp³-hybridized carbons (Fsp3) is 0.812. The number of alkyl halides is 6. The number of hydrogen-bond donors (Lipinski definition) is 0. The van der Waals surface area contributed by atoms with E-state index in [4.69, 9.17) is 3.63 Å². The van der Waals surface area contributed by atoms with E-state index in [2.05, 4.69) is 20.8 Å². The molecular weight excluding hydrogens is 610 g/mol. The van der Waals surface area contributed by atoms with Gasteiger partial charge in [-0.05, 0) is 37.5 Å². The summed E-state index contributed by atoms with van der Waals surface area (Å²) in [4.78, 5) is -1.44. The lowest BCUT2D eigenvalue weighted by molar-refractivity contribution is -0.143. The van der Waals surface area contributed by atoms with E-state index in [1.165, 1.54) is 0 Å². The van der Waals surface area contributed by atoms with Crippen LogP contribution in [0.4, 0.5) is 26.3 Å². The highest BCUT2D eigenvalue weighted by atomic mass is 32.3. The van der Waals surface area contributed by atoms with Gasteiger partial charge >= 0.3 is 22.5 Å². The van der Waals surface area contributed by atoms with Crippen LogP contribution < -0.4 is 0 Å². The molecule has 1 rings (SSSR count). The third-order valence-corrected chi connectivity index (χ3v) is 13.6. The van der Waals surface area contributed by atoms with E-state index >= 15 is 0 Å². The standard InChI is InChI=1S/C32H54F6O3S2/c1-4-7-10-13-16-19-24-42(25-20-17-14-11-8-5-2,26-21-18-15-12-9-6-3)41-43(39,40)30-27-28(31(33,34)35)22-23-29(30)32(36,37)38/h22-23,27H,4-21,24-26H2,1-3H3. The maximum absolute atomic E-state index is 13.9. The molecule has 0 saturated carbocycles. The third-order valence-electron chi connectivity index (χ3n) is 7.73. The number of rotatable bonds is 24. The molecule has 0 aliphatic carbocycles. The second kappa shape index (κ2) is 20.2. The van der Waals surface area contributed by atoms with Crippen LogP contribution in [0.15, 0.2) is 23.1 Å². The van der Waals surface area contributed by atoms with Gasteiger partial charge in [-0.15, -0.1) is 10.3 Å². The molecule has 0 aliphatic rings. The average Bonchev–Trinajstić information content (AvgIpc) is 2.93. The van der Waals surface area contributed by atoms with Crippen molar-refractivity contribution in [2.45, 2.75) is 154 Å². The molecule has 0 amide bonds. The van der Waals surface area contributed by atoms with Gasteiger partial charge in [0.2, 0.25) is 0 Å². The van der Waals surface area contributed by atoms with Crippen LogP contribution in [0.1, 0.15) is 147 Å². The second-order valence-electron chi connectivity index (χ2n) is 11.6. The molecule has 0 saturated heterocycles. The van der Waals surface area contributed by atoms with Crippen molar-refractivity contribution in [3.05, 3.63) is 29.3 Å². The first-order valence-corrected chi connectivity index (χ1v) is 19.7. The Labute approximate surface area is 258 Å². The molecule has 1 aromatic carbocycles. The van der Waals surface area contributed by atoms with Crippen molar-refractivity contribution in [3.8, 4) is 0 Å². The minimum absolute atomic E-state index is 0.0859. The highest BCUT2D eigenvalue weighted by molar-refractivity contribution is 8.33. The largest absolute Gasteiger partial charge is 0.417 e.